The van der Waals surface area contributed by atoms with Gasteiger partial charge in [-0.25, -0.2) is 4.98 Å². The van der Waals surface area contributed by atoms with E-state index in [2.05, 4.69) is 4.98 Å². The lowest BCUT2D eigenvalue weighted by molar-refractivity contribution is -0.137. The highest BCUT2D eigenvalue weighted by Gasteiger charge is 2.40. The standard InChI is InChI=1S/C16H13F3N2O2/c17-16(18,19)10-5-12(14-7-20-8-23-14)11-3-4-21(13(11)6-10)15(22)9-1-2-9/h5-9H,1-4H2. The number of halogens is 3. The average molecular weight is 322 g/mol. The summed E-state index contributed by atoms with van der Waals surface area (Å²) in [6.45, 7) is 0.410. The van der Waals surface area contributed by atoms with Crippen LogP contribution in [0.5, 0.6) is 0 Å². The summed E-state index contributed by atoms with van der Waals surface area (Å²) in [6.07, 6.45) is 0.241. The second-order valence-electron chi connectivity index (χ2n) is 5.90. The molecule has 1 aliphatic heterocycles. The zero-order chi connectivity index (χ0) is 16.2. The van der Waals surface area contributed by atoms with Gasteiger partial charge in [0.05, 0.1) is 11.8 Å². The Balaban J connectivity index is 1.86. The molecule has 0 N–H and O–H groups in total. The number of carbonyl (C=O) groups excluding carboxylic acids is 1. The molecule has 4 rings (SSSR count). The third-order valence-corrected chi connectivity index (χ3v) is 4.32. The highest BCUT2D eigenvalue weighted by atomic mass is 19.4. The van der Waals surface area contributed by atoms with E-state index in [1.165, 1.54) is 17.5 Å². The van der Waals surface area contributed by atoms with Crippen molar-refractivity contribution in [2.45, 2.75) is 25.4 Å². The fraction of sp³-hybridized carbons (Fsp3) is 0.375. The number of hydrogen-bond acceptors (Lipinski definition) is 3. The Hall–Kier alpha value is -2.31. The Kier molecular flexibility index (Phi) is 3.01. The second-order valence-corrected chi connectivity index (χ2v) is 5.90. The molecule has 0 spiro atoms. The number of nitrogens with zero attached hydrogens (tertiary/aromatic N) is 2. The third-order valence-electron chi connectivity index (χ3n) is 4.32. The molecule has 2 heterocycles. The number of rotatable bonds is 2. The molecule has 0 radical (unpaired) electrons. The molecule has 0 saturated heterocycles. The Labute approximate surface area is 129 Å². The minimum atomic E-state index is -4.49. The van der Waals surface area contributed by atoms with Crippen molar-refractivity contribution in [2.75, 3.05) is 11.4 Å². The van der Waals surface area contributed by atoms with Gasteiger partial charge < -0.3 is 9.32 Å². The van der Waals surface area contributed by atoms with E-state index in [9.17, 15) is 18.0 Å². The fourth-order valence-corrected chi connectivity index (χ4v) is 3.02. The highest BCUT2D eigenvalue weighted by Crippen LogP contribution is 2.43. The van der Waals surface area contributed by atoms with Gasteiger partial charge in [0.15, 0.2) is 12.2 Å². The van der Waals surface area contributed by atoms with Gasteiger partial charge in [0.25, 0.3) is 0 Å². The van der Waals surface area contributed by atoms with Crippen molar-refractivity contribution in [3.63, 3.8) is 0 Å². The van der Waals surface area contributed by atoms with Crippen LogP contribution in [0.15, 0.2) is 29.1 Å². The number of hydrogen-bond donors (Lipinski definition) is 0. The van der Waals surface area contributed by atoms with Crippen molar-refractivity contribution in [2.24, 2.45) is 5.92 Å². The Bertz CT molecular complexity index is 764. The van der Waals surface area contributed by atoms with E-state index in [1.54, 1.807) is 0 Å². The SMILES string of the molecule is O=C(C1CC1)N1CCc2c(-c3cnco3)cc(C(F)(F)F)cc21. The van der Waals surface area contributed by atoms with Crippen molar-refractivity contribution >= 4 is 11.6 Å². The first-order chi connectivity index (χ1) is 10.9. The van der Waals surface area contributed by atoms with Crippen molar-refractivity contribution in [1.29, 1.82) is 0 Å². The minimum Gasteiger partial charge on any atom is -0.444 e. The molecule has 2 aromatic rings. The zero-order valence-corrected chi connectivity index (χ0v) is 12.1. The first kappa shape index (κ1) is 14.3. The summed E-state index contributed by atoms with van der Waals surface area (Å²) in [7, 11) is 0. The van der Waals surface area contributed by atoms with Crippen molar-refractivity contribution in [3.8, 4) is 11.3 Å². The van der Waals surface area contributed by atoms with Crippen LogP contribution in [0.25, 0.3) is 11.3 Å². The van der Waals surface area contributed by atoms with E-state index < -0.39 is 11.7 Å². The summed E-state index contributed by atoms with van der Waals surface area (Å²) in [5.41, 5.74) is 0.642. The number of anilines is 1. The third kappa shape index (κ3) is 2.40. The molecule has 4 nitrogen and oxygen atoms in total. The van der Waals surface area contributed by atoms with Crippen molar-refractivity contribution in [1.82, 2.24) is 4.98 Å². The number of oxazole rings is 1. The molecule has 0 unspecified atom stereocenters. The van der Waals surface area contributed by atoms with Gasteiger partial charge in [0.2, 0.25) is 5.91 Å². The van der Waals surface area contributed by atoms with E-state index in [-0.39, 0.29) is 17.6 Å². The molecule has 0 atom stereocenters. The molecule has 2 aliphatic rings. The first-order valence-electron chi connectivity index (χ1n) is 7.39. The van der Waals surface area contributed by atoms with Crippen molar-refractivity contribution in [3.05, 3.63) is 35.9 Å². The van der Waals surface area contributed by atoms with Crippen LogP contribution in [0, 0.1) is 5.92 Å². The molecule has 1 aromatic heterocycles. The molecule has 120 valence electrons. The number of amides is 1. The monoisotopic (exact) mass is 322 g/mol. The van der Waals surface area contributed by atoms with E-state index >= 15 is 0 Å². The number of fused-ring (bicyclic) bond motifs is 1. The highest BCUT2D eigenvalue weighted by molar-refractivity contribution is 5.99. The summed E-state index contributed by atoms with van der Waals surface area (Å²) >= 11 is 0. The maximum Gasteiger partial charge on any atom is 0.416 e. The van der Waals surface area contributed by atoms with Crippen LogP contribution in [0.3, 0.4) is 0 Å². The van der Waals surface area contributed by atoms with Crippen LogP contribution in [0.4, 0.5) is 18.9 Å². The van der Waals surface area contributed by atoms with Gasteiger partial charge in [0, 0.05) is 23.7 Å². The van der Waals surface area contributed by atoms with E-state index in [0.717, 1.165) is 25.0 Å². The average Bonchev–Trinajstić information content (AvgIpc) is 3.05. The maximum absolute atomic E-state index is 13.2. The molecule has 1 fully saturated rings. The fourth-order valence-electron chi connectivity index (χ4n) is 3.02. The Morgan fingerprint density at radius 2 is 2.09 bits per heavy atom. The van der Waals surface area contributed by atoms with Gasteiger partial charge in [0.1, 0.15) is 0 Å². The topological polar surface area (TPSA) is 46.3 Å². The maximum atomic E-state index is 13.2. The number of benzene rings is 1. The molecule has 1 aliphatic carbocycles. The summed E-state index contributed by atoms with van der Waals surface area (Å²) in [6, 6.07) is 2.15. The van der Waals surface area contributed by atoms with Gasteiger partial charge in [-0.1, -0.05) is 0 Å². The van der Waals surface area contributed by atoms with Crippen molar-refractivity contribution < 1.29 is 22.4 Å². The summed E-state index contributed by atoms with van der Waals surface area (Å²) in [5.74, 6) is 0.170. The van der Waals surface area contributed by atoms with E-state index in [4.69, 9.17) is 4.42 Å². The van der Waals surface area contributed by atoms with Crippen LogP contribution >= 0.6 is 0 Å². The van der Waals surface area contributed by atoms with Crippen LogP contribution < -0.4 is 4.90 Å². The quantitative estimate of drug-likeness (QED) is 0.848. The summed E-state index contributed by atoms with van der Waals surface area (Å²) in [4.78, 5) is 17.6. The Morgan fingerprint density at radius 3 is 2.70 bits per heavy atom. The molecule has 23 heavy (non-hydrogen) atoms. The number of carbonyl (C=O) groups is 1. The first-order valence-corrected chi connectivity index (χ1v) is 7.39. The van der Waals surface area contributed by atoms with Gasteiger partial charge in [-0.3, -0.25) is 4.79 Å². The summed E-state index contributed by atoms with van der Waals surface area (Å²) < 4.78 is 44.9. The second kappa shape index (κ2) is 4.84. The minimum absolute atomic E-state index is 0.0378. The Morgan fingerprint density at radius 1 is 1.30 bits per heavy atom. The molecule has 7 heteroatoms. The lowest BCUT2D eigenvalue weighted by Crippen LogP contribution is -2.30. The normalized spacial score (nSPS) is 17.4. The lowest BCUT2D eigenvalue weighted by atomic mass is 9.99. The van der Waals surface area contributed by atoms with E-state index in [0.29, 0.717) is 29.8 Å². The zero-order valence-electron chi connectivity index (χ0n) is 12.1. The van der Waals surface area contributed by atoms with Crippen LogP contribution in [-0.2, 0) is 17.4 Å². The van der Waals surface area contributed by atoms with Crippen LogP contribution in [0.1, 0.15) is 24.0 Å². The smallest absolute Gasteiger partial charge is 0.416 e. The largest absolute Gasteiger partial charge is 0.444 e. The molecule has 0 bridgehead atoms. The predicted octanol–water partition coefficient (Wildman–Crippen LogP) is 3.66. The summed E-state index contributed by atoms with van der Waals surface area (Å²) in [5, 5.41) is 0. The number of alkyl halides is 3. The van der Waals surface area contributed by atoms with Crippen LogP contribution in [0.2, 0.25) is 0 Å². The molecule has 1 saturated carbocycles. The number of aromatic nitrogens is 1. The van der Waals surface area contributed by atoms with Crippen LogP contribution in [-0.4, -0.2) is 17.4 Å². The predicted molar refractivity (Wildman–Crippen MR) is 75.7 cm³/mol. The lowest BCUT2D eigenvalue weighted by Gasteiger charge is -2.19. The van der Waals surface area contributed by atoms with E-state index in [1.807, 2.05) is 0 Å². The van der Waals surface area contributed by atoms with Gasteiger partial charge >= 0.3 is 6.18 Å². The van der Waals surface area contributed by atoms with Gasteiger partial charge in [-0.15, -0.1) is 0 Å². The molecular formula is C16H13F3N2O2. The van der Waals surface area contributed by atoms with Gasteiger partial charge in [-0.05, 0) is 37.0 Å². The molecular weight excluding hydrogens is 309 g/mol. The molecule has 1 amide bonds. The molecule has 1 aromatic carbocycles. The van der Waals surface area contributed by atoms with Gasteiger partial charge in [-0.2, -0.15) is 13.2 Å².